The summed E-state index contributed by atoms with van der Waals surface area (Å²) >= 11 is 0. The minimum atomic E-state index is 0. The van der Waals surface area contributed by atoms with Crippen LogP contribution >= 0.6 is 0 Å². The second-order valence-electron chi connectivity index (χ2n) is 2.68. The largest absolute Gasteiger partial charge is 1.00 e. The first kappa shape index (κ1) is 10.3. The molecule has 0 aliphatic heterocycles. The number of fused-ring (bicyclic) bond motifs is 1. The van der Waals surface area contributed by atoms with Crippen molar-refractivity contribution < 1.29 is 51.4 Å². The van der Waals surface area contributed by atoms with Crippen LogP contribution in [0.15, 0.2) is 42.5 Å². The van der Waals surface area contributed by atoms with E-state index in [9.17, 15) is 0 Å². The minimum absolute atomic E-state index is 0. The van der Waals surface area contributed by atoms with Crippen molar-refractivity contribution in [2.45, 2.75) is 0 Å². The quantitative estimate of drug-likeness (QED) is 0.396. The van der Waals surface area contributed by atoms with Crippen LogP contribution in [0.4, 0.5) is 0 Å². The fourth-order valence-corrected chi connectivity index (χ4v) is 1.24. The molecule has 0 spiro atoms. The molecule has 0 nitrogen and oxygen atoms in total. The molecule has 2 rings (SSSR count). The van der Waals surface area contributed by atoms with E-state index < -0.39 is 0 Å². The van der Waals surface area contributed by atoms with Gasteiger partial charge in [0.05, 0.1) is 0 Å². The van der Waals surface area contributed by atoms with Gasteiger partial charge in [-0.3, -0.25) is 0 Å². The molecule has 0 atom stereocenters. The minimum Gasteiger partial charge on any atom is -0.199 e. The fourth-order valence-electron chi connectivity index (χ4n) is 1.24. The predicted octanol–water partition coefficient (Wildman–Crippen LogP) is 0.0260. The van der Waals surface area contributed by atoms with Crippen molar-refractivity contribution in [3.8, 4) is 0 Å². The van der Waals surface area contributed by atoms with E-state index in [1.165, 1.54) is 10.8 Å². The summed E-state index contributed by atoms with van der Waals surface area (Å²) in [6.07, 6.45) is 0. The Hall–Kier alpha value is 0.206. The van der Waals surface area contributed by atoms with Crippen LogP contribution in [0, 0.1) is 6.92 Å². The molecule has 0 N–H and O–H groups in total. The Morgan fingerprint density at radius 1 is 0.833 bits per heavy atom. The standard InChI is InChI=1S/C11H9.K/c1-9-6-7-10-4-2-3-5-11(10)8-9;/h2-8H,1H2;/q-1;+1. The predicted molar refractivity (Wildman–Crippen MR) is 48.4 cm³/mol. The van der Waals surface area contributed by atoms with E-state index in [2.05, 4.69) is 31.2 Å². The van der Waals surface area contributed by atoms with Crippen LogP contribution in [0.3, 0.4) is 0 Å². The van der Waals surface area contributed by atoms with E-state index in [1.54, 1.807) is 0 Å². The van der Waals surface area contributed by atoms with Crippen molar-refractivity contribution in [1.82, 2.24) is 0 Å². The molecule has 0 saturated heterocycles. The molecule has 0 heterocycles. The van der Waals surface area contributed by atoms with Crippen molar-refractivity contribution in [1.29, 1.82) is 0 Å². The molecule has 12 heavy (non-hydrogen) atoms. The molecule has 0 amide bonds. The SMILES string of the molecule is [CH2-]c1ccc2ccccc2c1.[K+]. The molecule has 0 aliphatic carbocycles. The van der Waals surface area contributed by atoms with Gasteiger partial charge < -0.3 is 0 Å². The Morgan fingerprint density at radius 2 is 1.50 bits per heavy atom. The number of hydrogen-bond donors (Lipinski definition) is 0. The fraction of sp³-hybridized carbons (Fsp3) is 0. The molecule has 2 aromatic rings. The van der Waals surface area contributed by atoms with Crippen molar-refractivity contribution >= 4 is 10.8 Å². The zero-order valence-corrected chi connectivity index (χ0v) is 10.4. The van der Waals surface area contributed by atoms with E-state index >= 15 is 0 Å². The zero-order chi connectivity index (χ0) is 7.68. The van der Waals surface area contributed by atoms with Gasteiger partial charge in [0, 0.05) is 0 Å². The average Bonchev–Trinajstić information content (AvgIpc) is 2.04. The van der Waals surface area contributed by atoms with Gasteiger partial charge in [-0.2, -0.15) is 24.6 Å². The van der Waals surface area contributed by atoms with E-state index in [-0.39, 0.29) is 51.4 Å². The second-order valence-corrected chi connectivity index (χ2v) is 2.68. The molecule has 0 saturated carbocycles. The molecular formula is C11H9K. The molecule has 54 valence electrons. The summed E-state index contributed by atoms with van der Waals surface area (Å²) in [4.78, 5) is 0. The maximum absolute atomic E-state index is 3.87. The third kappa shape index (κ3) is 2.12. The first-order valence-electron chi connectivity index (χ1n) is 3.67. The smallest absolute Gasteiger partial charge is 0.199 e. The molecule has 0 radical (unpaired) electrons. The summed E-state index contributed by atoms with van der Waals surface area (Å²) in [5, 5.41) is 2.54. The second kappa shape index (κ2) is 4.44. The van der Waals surface area contributed by atoms with E-state index in [0.29, 0.717) is 0 Å². The molecule has 0 fully saturated rings. The normalized spacial score (nSPS) is 9.33. The summed E-state index contributed by atoms with van der Waals surface area (Å²) in [6.45, 7) is 3.87. The van der Waals surface area contributed by atoms with Crippen LogP contribution in [0.25, 0.3) is 10.8 Å². The van der Waals surface area contributed by atoms with Crippen molar-refractivity contribution in [2.24, 2.45) is 0 Å². The number of hydrogen-bond acceptors (Lipinski definition) is 0. The molecule has 0 unspecified atom stereocenters. The molecule has 2 aromatic carbocycles. The van der Waals surface area contributed by atoms with Gasteiger partial charge in [-0.05, 0) is 5.39 Å². The van der Waals surface area contributed by atoms with Crippen molar-refractivity contribution in [3.63, 3.8) is 0 Å². The number of rotatable bonds is 0. The van der Waals surface area contributed by atoms with Gasteiger partial charge in [0.15, 0.2) is 0 Å². The Kier molecular flexibility index (Phi) is 3.81. The summed E-state index contributed by atoms with van der Waals surface area (Å²) in [7, 11) is 0. The van der Waals surface area contributed by atoms with Crippen molar-refractivity contribution in [2.75, 3.05) is 0 Å². The maximum atomic E-state index is 3.87. The summed E-state index contributed by atoms with van der Waals surface area (Å²) in [5.41, 5.74) is 1.07. The Balaban J connectivity index is 0.000000720. The van der Waals surface area contributed by atoms with Gasteiger partial charge in [-0.15, -0.1) is 6.07 Å². The van der Waals surface area contributed by atoms with Gasteiger partial charge in [0.25, 0.3) is 0 Å². The Labute approximate surface area is 115 Å². The summed E-state index contributed by atoms with van der Waals surface area (Å²) in [6, 6.07) is 14.5. The summed E-state index contributed by atoms with van der Waals surface area (Å²) in [5.74, 6) is 0. The van der Waals surface area contributed by atoms with Crippen LogP contribution in [-0.4, -0.2) is 0 Å². The first-order chi connectivity index (χ1) is 5.36. The Morgan fingerprint density at radius 3 is 2.25 bits per heavy atom. The topological polar surface area (TPSA) is 0 Å². The van der Waals surface area contributed by atoms with Crippen LogP contribution < -0.4 is 51.4 Å². The zero-order valence-electron chi connectivity index (χ0n) is 7.25. The first-order valence-corrected chi connectivity index (χ1v) is 3.67. The van der Waals surface area contributed by atoms with Gasteiger partial charge >= 0.3 is 51.4 Å². The van der Waals surface area contributed by atoms with Crippen LogP contribution in [0.1, 0.15) is 5.56 Å². The molecule has 1 heteroatoms. The van der Waals surface area contributed by atoms with E-state index in [4.69, 9.17) is 0 Å². The van der Waals surface area contributed by atoms with Crippen LogP contribution in [0.2, 0.25) is 0 Å². The van der Waals surface area contributed by atoms with Gasteiger partial charge in [-0.25, -0.2) is 0 Å². The van der Waals surface area contributed by atoms with Gasteiger partial charge in [-0.1, -0.05) is 29.7 Å². The molecule has 0 aliphatic rings. The van der Waals surface area contributed by atoms with Crippen LogP contribution in [0.5, 0.6) is 0 Å². The third-order valence-electron chi connectivity index (χ3n) is 1.81. The molecular weight excluding hydrogens is 171 g/mol. The van der Waals surface area contributed by atoms with E-state index in [1.807, 2.05) is 18.2 Å². The summed E-state index contributed by atoms with van der Waals surface area (Å²) < 4.78 is 0. The molecule has 0 bridgehead atoms. The monoisotopic (exact) mass is 180 g/mol. The van der Waals surface area contributed by atoms with E-state index in [0.717, 1.165) is 5.56 Å². The van der Waals surface area contributed by atoms with Crippen LogP contribution in [-0.2, 0) is 0 Å². The number of benzene rings is 2. The van der Waals surface area contributed by atoms with Gasteiger partial charge in [0.1, 0.15) is 0 Å². The molecule has 0 aromatic heterocycles. The maximum Gasteiger partial charge on any atom is 1.00 e. The average molecular weight is 180 g/mol. The Bertz CT molecular complexity index is 379. The van der Waals surface area contributed by atoms with Gasteiger partial charge in [0.2, 0.25) is 0 Å². The third-order valence-corrected chi connectivity index (χ3v) is 1.81. The van der Waals surface area contributed by atoms with Crippen molar-refractivity contribution in [3.05, 3.63) is 55.0 Å².